The molecule has 2 aliphatic carbocycles. The van der Waals surface area contributed by atoms with E-state index in [4.69, 9.17) is 9.97 Å². The smallest absolute Gasteiger partial charge is 0.0980 e. The molecule has 5 rings (SSSR count). The molecule has 0 atom stereocenters. The van der Waals surface area contributed by atoms with Crippen molar-refractivity contribution < 1.29 is 0 Å². The standard InChI is InChI=1S/C19H16N2/c1-2-6-12-10-14-15(11-13(12)7-3-1)19-18(14)20-16-8-4-5-9-17(16)21-19/h4-5,8-11H,1-3,6-7H2. The Morgan fingerprint density at radius 2 is 1.19 bits per heavy atom. The first-order valence-electron chi connectivity index (χ1n) is 7.83. The van der Waals surface area contributed by atoms with Crippen LogP contribution in [0, 0.1) is 0 Å². The lowest BCUT2D eigenvalue weighted by atomic mass is 9.84. The summed E-state index contributed by atoms with van der Waals surface area (Å²) in [4.78, 5) is 9.63. The highest BCUT2D eigenvalue weighted by molar-refractivity contribution is 6.01. The van der Waals surface area contributed by atoms with E-state index >= 15 is 0 Å². The first-order chi connectivity index (χ1) is 10.4. The number of aryl methyl sites for hydroxylation is 2. The van der Waals surface area contributed by atoms with Crippen LogP contribution in [0.15, 0.2) is 36.4 Å². The molecule has 0 amide bonds. The minimum Gasteiger partial charge on any atom is -0.244 e. The quantitative estimate of drug-likeness (QED) is 0.439. The average Bonchev–Trinajstić information content (AvgIpc) is 2.76. The van der Waals surface area contributed by atoms with E-state index in [0.29, 0.717) is 0 Å². The summed E-state index contributed by atoms with van der Waals surface area (Å²) in [7, 11) is 0. The van der Waals surface area contributed by atoms with Crippen LogP contribution in [-0.2, 0) is 12.8 Å². The monoisotopic (exact) mass is 272 g/mol. The van der Waals surface area contributed by atoms with Gasteiger partial charge in [-0.3, -0.25) is 0 Å². The Bertz CT molecular complexity index is 809. The van der Waals surface area contributed by atoms with Crippen LogP contribution in [0.1, 0.15) is 30.4 Å². The van der Waals surface area contributed by atoms with Gasteiger partial charge < -0.3 is 0 Å². The number of para-hydroxylation sites is 2. The van der Waals surface area contributed by atoms with E-state index in [1.807, 2.05) is 24.3 Å². The van der Waals surface area contributed by atoms with Crippen molar-refractivity contribution in [3.8, 4) is 22.5 Å². The summed E-state index contributed by atoms with van der Waals surface area (Å²) in [6.45, 7) is 0. The van der Waals surface area contributed by atoms with Crippen LogP contribution in [0.4, 0.5) is 0 Å². The minimum absolute atomic E-state index is 0.997. The van der Waals surface area contributed by atoms with Crippen molar-refractivity contribution in [2.24, 2.45) is 0 Å². The third-order valence-corrected chi connectivity index (χ3v) is 4.81. The second-order valence-electron chi connectivity index (χ2n) is 6.14. The maximum atomic E-state index is 4.81. The van der Waals surface area contributed by atoms with Crippen LogP contribution >= 0.6 is 0 Å². The molecular formula is C19H16N2. The predicted octanol–water partition coefficient (Wildman–Crippen LogP) is 4.55. The summed E-state index contributed by atoms with van der Waals surface area (Å²) < 4.78 is 0. The van der Waals surface area contributed by atoms with Crippen LogP contribution in [0.5, 0.6) is 0 Å². The van der Waals surface area contributed by atoms with E-state index in [1.165, 1.54) is 54.4 Å². The lowest BCUT2D eigenvalue weighted by molar-refractivity contribution is 0.711. The van der Waals surface area contributed by atoms with Gasteiger partial charge in [0.25, 0.3) is 0 Å². The zero-order valence-electron chi connectivity index (χ0n) is 11.9. The van der Waals surface area contributed by atoms with E-state index in [1.54, 1.807) is 0 Å². The molecule has 102 valence electrons. The van der Waals surface area contributed by atoms with Crippen molar-refractivity contribution in [2.45, 2.75) is 32.1 Å². The highest BCUT2D eigenvalue weighted by Crippen LogP contribution is 2.47. The fourth-order valence-corrected chi connectivity index (χ4v) is 3.67. The molecule has 0 bridgehead atoms. The van der Waals surface area contributed by atoms with Crippen LogP contribution in [0.3, 0.4) is 0 Å². The van der Waals surface area contributed by atoms with E-state index in [0.717, 1.165) is 22.4 Å². The number of aromatic nitrogens is 2. The molecule has 0 radical (unpaired) electrons. The Hall–Kier alpha value is -2.22. The Morgan fingerprint density at radius 3 is 1.71 bits per heavy atom. The van der Waals surface area contributed by atoms with Crippen molar-refractivity contribution in [1.82, 2.24) is 9.97 Å². The maximum Gasteiger partial charge on any atom is 0.0980 e. The highest BCUT2D eigenvalue weighted by Gasteiger charge is 2.28. The SMILES string of the molecule is c1ccc2nc3c(nc2c1)-c1cc2c(cc1-3)CCCCC2. The van der Waals surface area contributed by atoms with Gasteiger partial charge in [-0.2, -0.15) is 0 Å². The molecule has 2 aromatic carbocycles. The normalized spacial score (nSPS) is 15.6. The largest absolute Gasteiger partial charge is 0.244 e. The molecule has 2 aliphatic rings. The summed E-state index contributed by atoms with van der Waals surface area (Å²) in [5.41, 5.74) is 9.87. The molecule has 2 nitrogen and oxygen atoms in total. The number of hydrogen-bond donors (Lipinski definition) is 0. The Morgan fingerprint density at radius 1 is 0.667 bits per heavy atom. The lowest BCUT2D eigenvalue weighted by Gasteiger charge is -2.24. The molecule has 0 aliphatic heterocycles. The van der Waals surface area contributed by atoms with Crippen molar-refractivity contribution >= 4 is 11.0 Å². The average molecular weight is 272 g/mol. The van der Waals surface area contributed by atoms with Crippen molar-refractivity contribution in [2.75, 3.05) is 0 Å². The molecule has 0 fully saturated rings. The first kappa shape index (κ1) is 11.4. The summed E-state index contributed by atoms with van der Waals surface area (Å²) in [6, 6.07) is 12.9. The van der Waals surface area contributed by atoms with Crippen molar-refractivity contribution in [1.29, 1.82) is 0 Å². The van der Waals surface area contributed by atoms with Crippen LogP contribution in [-0.4, -0.2) is 9.97 Å². The molecule has 0 unspecified atom stereocenters. The summed E-state index contributed by atoms with van der Waals surface area (Å²) in [5.74, 6) is 0. The molecule has 0 spiro atoms. The van der Waals surface area contributed by atoms with Crippen LogP contribution in [0.2, 0.25) is 0 Å². The first-order valence-corrected chi connectivity index (χ1v) is 7.83. The molecule has 1 heterocycles. The molecule has 0 saturated heterocycles. The van der Waals surface area contributed by atoms with Gasteiger partial charge in [-0.15, -0.1) is 0 Å². The third kappa shape index (κ3) is 1.59. The van der Waals surface area contributed by atoms with Gasteiger partial charge in [0, 0.05) is 11.1 Å². The molecule has 0 N–H and O–H groups in total. The predicted molar refractivity (Wildman–Crippen MR) is 85.2 cm³/mol. The molecule has 2 heteroatoms. The van der Waals surface area contributed by atoms with Gasteiger partial charge in [0.2, 0.25) is 0 Å². The van der Waals surface area contributed by atoms with Crippen LogP contribution in [0.25, 0.3) is 33.5 Å². The molecule has 0 saturated carbocycles. The summed E-state index contributed by atoms with van der Waals surface area (Å²) in [6.07, 6.45) is 6.44. The van der Waals surface area contributed by atoms with E-state index in [-0.39, 0.29) is 0 Å². The number of nitrogens with zero attached hydrogens (tertiary/aromatic N) is 2. The fraction of sp³-hybridized carbons (Fsp3) is 0.263. The topological polar surface area (TPSA) is 25.8 Å². The Labute approximate surface area is 123 Å². The van der Waals surface area contributed by atoms with Gasteiger partial charge in [0.1, 0.15) is 0 Å². The van der Waals surface area contributed by atoms with E-state index in [2.05, 4.69) is 12.1 Å². The lowest BCUT2D eigenvalue weighted by Crippen LogP contribution is -2.07. The van der Waals surface area contributed by atoms with Gasteiger partial charge in [-0.1, -0.05) is 18.6 Å². The number of rotatable bonds is 0. The summed E-state index contributed by atoms with van der Waals surface area (Å²) in [5, 5.41) is 0. The maximum absolute atomic E-state index is 4.81. The van der Waals surface area contributed by atoms with Gasteiger partial charge in [0.15, 0.2) is 0 Å². The number of fused-ring (bicyclic) bond motifs is 6. The van der Waals surface area contributed by atoms with Crippen LogP contribution < -0.4 is 0 Å². The Kier molecular flexibility index (Phi) is 2.25. The minimum atomic E-state index is 0.997. The van der Waals surface area contributed by atoms with E-state index < -0.39 is 0 Å². The molecule has 21 heavy (non-hydrogen) atoms. The molecule has 3 aromatic rings. The van der Waals surface area contributed by atoms with Crippen molar-refractivity contribution in [3.63, 3.8) is 0 Å². The highest BCUT2D eigenvalue weighted by atomic mass is 14.9. The van der Waals surface area contributed by atoms with Gasteiger partial charge >= 0.3 is 0 Å². The second kappa shape index (κ2) is 4.14. The van der Waals surface area contributed by atoms with Gasteiger partial charge in [0.05, 0.1) is 22.4 Å². The zero-order valence-corrected chi connectivity index (χ0v) is 11.9. The van der Waals surface area contributed by atoms with Gasteiger partial charge in [-0.25, -0.2) is 9.97 Å². The second-order valence-corrected chi connectivity index (χ2v) is 6.14. The van der Waals surface area contributed by atoms with E-state index in [9.17, 15) is 0 Å². The third-order valence-electron chi connectivity index (χ3n) is 4.81. The zero-order chi connectivity index (χ0) is 13.8. The number of benzene rings is 2. The van der Waals surface area contributed by atoms with Gasteiger partial charge in [-0.05, 0) is 61.1 Å². The Balaban J connectivity index is 1.72. The number of hydrogen-bond acceptors (Lipinski definition) is 2. The molecule has 1 aromatic heterocycles. The fourth-order valence-electron chi connectivity index (χ4n) is 3.67. The van der Waals surface area contributed by atoms with Crippen molar-refractivity contribution in [3.05, 3.63) is 47.5 Å². The molecular weight excluding hydrogens is 256 g/mol. The summed E-state index contributed by atoms with van der Waals surface area (Å²) >= 11 is 0.